The lowest BCUT2D eigenvalue weighted by Gasteiger charge is -2.39. The number of rotatable bonds is 2. The summed E-state index contributed by atoms with van der Waals surface area (Å²) in [5, 5.41) is 10.9. The third-order valence-corrected chi connectivity index (χ3v) is 3.95. The van der Waals surface area contributed by atoms with E-state index in [0.29, 0.717) is 16.5 Å². The molecule has 1 rings (SSSR count). The molecule has 4 unspecified atom stereocenters. The van der Waals surface area contributed by atoms with Crippen molar-refractivity contribution in [2.24, 2.45) is 0 Å². The minimum absolute atomic E-state index is 0.220. The maximum absolute atomic E-state index is 9.50. The first kappa shape index (κ1) is 11.3. The minimum atomic E-state index is -0.220. The van der Waals surface area contributed by atoms with Crippen LogP contribution in [0.2, 0.25) is 0 Å². The van der Waals surface area contributed by atoms with Gasteiger partial charge in [-0.25, -0.2) is 0 Å². The van der Waals surface area contributed by atoms with E-state index in [1.54, 1.807) is 0 Å². The summed E-state index contributed by atoms with van der Waals surface area (Å²) in [6.45, 7) is 10.7. The van der Waals surface area contributed by atoms with Crippen LogP contribution in [0.25, 0.3) is 0 Å². The minimum Gasteiger partial charge on any atom is -0.392 e. The Bertz CT molecular complexity index is 153. The van der Waals surface area contributed by atoms with E-state index in [-0.39, 0.29) is 6.10 Å². The van der Waals surface area contributed by atoms with Gasteiger partial charge in [0.1, 0.15) is 0 Å². The Morgan fingerprint density at radius 3 is 2.08 bits per heavy atom. The SMILES string of the molecule is CC1CN(C(C)C(C)O)CC(C)S1. The third-order valence-electron chi connectivity index (χ3n) is 2.72. The lowest BCUT2D eigenvalue weighted by Crippen LogP contribution is -2.49. The number of nitrogens with zero attached hydrogens (tertiary/aromatic N) is 1. The molecule has 0 aromatic rings. The van der Waals surface area contributed by atoms with Crippen molar-refractivity contribution in [2.75, 3.05) is 13.1 Å². The first-order chi connectivity index (χ1) is 6.00. The number of hydrogen-bond donors (Lipinski definition) is 1. The molecule has 0 spiro atoms. The molecule has 0 amide bonds. The summed E-state index contributed by atoms with van der Waals surface area (Å²) in [6.07, 6.45) is -0.220. The Labute approximate surface area is 85.7 Å². The van der Waals surface area contributed by atoms with E-state index in [0.717, 1.165) is 13.1 Å². The van der Waals surface area contributed by atoms with Crippen LogP contribution >= 0.6 is 11.8 Å². The summed E-state index contributed by atoms with van der Waals surface area (Å²) in [6, 6.07) is 0.297. The van der Waals surface area contributed by atoms with Gasteiger partial charge in [-0.2, -0.15) is 11.8 Å². The predicted octanol–water partition coefficient (Wildman–Crippen LogP) is 1.58. The zero-order valence-corrected chi connectivity index (χ0v) is 9.84. The van der Waals surface area contributed by atoms with Gasteiger partial charge in [-0.1, -0.05) is 13.8 Å². The van der Waals surface area contributed by atoms with Gasteiger partial charge in [-0.3, -0.25) is 4.90 Å². The first-order valence-electron chi connectivity index (χ1n) is 5.08. The summed E-state index contributed by atoms with van der Waals surface area (Å²) in [5.74, 6) is 0. The monoisotopic (exact) mass is 203 g/mol. The largest absolute Gasteiger partial charge is 0.392 e. The Morgan fingerprint density at radius 1 is 1.23 bits per heavy atom. The van der Waals surface area contributed by atoms with Crippen LogP contribution in [0.4, 0.5) is 0 Å². The van der Waals surface area contributed by atoms with Gasteiger partial charge in [0.15, 0.2) is 0 Å². The van der Waals surface area contributed by atoms with E-state index in [2.05, 4.69) is 37.4 Å². The van der Waals surface area contributed by atoms with E-state index < -0.39 is 0 Å². The van der Waals surface area contributed by atoms with Crippen molar-refractivity contribution in [2.45, 2.75) is 50.3 Å². The van der Waals surface area contributed by atoms with Gasteiger partial charge >= 0.3 is 0 Å². The topological polar surface area (TPSA) is 23.5 Å². The molecule has 4 atom stereocenters. The van der Waals surface area contributed by atoms with Crippen LogP contribution in [0.3, 0.4) is 0 Å². The van der Waals surface area contributed by atoms with Gasteiger partial charge < -0.3 is 5.11 Å². The molecule has 1 heterocycles. The van der Waals surface area contributed by atoms with E-state index in [1.165, 1.54) is 0 Å². The highest BCUT2D eigenvalue weighted by Crippen LogP contribution is 2.26. The smallest absolute Gasteiger partial charge is 0.0664 e. The third kappa shape index (κ3) is 3.15. The normalized spacial score (nSPS) is 35.8. The second-order valence-electron chi connectivity index (χ2n) is 4.19. The molecular formula is C10H21NOS. The highest BCUT2D eigenvalue weighted by atomic mass is 32.2. The average Bonchev–Trinajstić information content (AvgIpc) is 2.01. The lowest BCUT2D eigenvalue weighted by molar-refractivity contribution is 0.0699. The van der Waals surface area contributed by atoms with Crippen molar-refractivity contribution >= 4 is 11.8 Å². The van der Waals surface area contributed by atoms with Crippen molar-refractivity contribution in [3.8, 4) is 0 Å². The maximum Gasteiger partial charge on any atom is 0.0664 e. The molecule has 2 nitrogen and oxygen atoms in total. The molecule has 1 N–H and O–H groups in total. The molecule has 0 saturated carbocycles. The highest BCUT2D eigenvalue weighted by Gasteiger charge is 2.27. The quantitative estimate of drug-likeness (QED) is 0.737. The van der Waals surface area contributed by atoms with Gasteiger partial charge in [0, 0.05) is 29.6 Å². The number of hydrogen-bond acceptors (Lipinski definition) is 3. The van der Waals surface area contributed by atoms with E-state index in [9.17, 15) is 5.11 Å². The molecule has 0 aromatic carbocycles. The van der Waals surface area contributed by atoms with Crippen LogP contribution in [0.15, 0.2) is 0 Å². The molecule has 0 radical (unpaired) electrons. The van der Waals surface area contributed by atoms with Crippen molar-refractivity contribution in [3.63, 3.8) is 0 Å². The standard InChI is InChI=1S/C10H21NOS/c1-7-5-11(6-8(2)13-7)9(3)10(4)12/h7-10,12H,5-6H2,1-4H3. The zero-order chi connectivity index (χ0) is 10.0. The van der Waals surface area contributed by atoms with Crippen molar-refractivity contribution in [3.05, 3.63) is 0 Å². The summed E-state index contributed by atoms with van der Waals surface area (Å²) in [7, 11) is 0. The second-order valence-corrected chi connectivity index (χ2v) is 6.07. The molecule has 1 saturated heterocycles. The summed E-state index contributed by atoms with van der Waals surface area (Å²) in [5.41, 5.74) is 0. The highest BCUT2D eigenvalue weighted by molar-refractivity contribution is 8.00. The molecule has 1 fully saturated rings. The van der Waals surface area contributed by atoms with E-state index in [1.807, 2.05) is 6.92 Å². The van der Waals surface area contributed by atoms with Crippen LogP contribution in [0.1, 0.15) is 27.7 Å². The maximum atomic E-state index is 9.50. The Morgan fingerprint density at radius 2 is 1.69 bits per heavy atom. The summed E-state index contributed by atoms with van der Waals surface area (Å²) >= 11 is 2.05. The number of thioether (sulfide) groups is 1. The number of aliphatic hydroxyl groups excluding tert-OH is 1. The predicted molar refractivity (Wildman–Crippen MR) is 59.2 cm³/mol. The Hall–Kier alpha value is 0.270. The van der Waals surface area contributed by atoms with Crippen LogP contribution in [-0.2, 0) is 0 Å². The fourth-order valence-corrected chi connectivity index (χ4v) is 3.20. The Balaban J connectivity index is 2.49. The van der Waals surface area contributed by atoms with Gasteiger partial charge in [0.05, 0.1) is 6.10 Å². The molecule has 1 aliphatic heterocycles. The fraction of sp³-hybridized carbons (Fsp3) is 1.00. The zero-order valence-electron chi connectivity index (χ0n) is 9.03. The molecule has 0 aromatic heterocycles. The van der Waals surface area contributed by atoms with E-state index in [4.69, 9.17) is 0 Å². The summed E-state index contributed by atoms with van der Waals surface area (Å²) < 4.78 is 0. The molecule has 1 aliphatic rings. The van der Waals surface area contributed by atoms with Gasteiger partial charge in [0.2, 0.25) is 0 Å². The van der Waals surface area contributed by atoms with E-state index >= 15 is 0 Å². The number of aliphatic hydroxyl groups is 1. The molecule has 0 aliphatic carbocycles. The van der Waals surface area contributed by atoms with Gasteiger partial charge in [-0.05, 0) is 13.8 Å². The molecule has 3 heteroatoms. The van der Waals surface area contributed by atoms with Crippen molar-refractivity contribution in [1.82, 2.24) is 4.90 Å². The molecule has 0 bridgehead atoms. The Kier molecular flexibility index (Phi) is 4.07. The van der Waals surface area contributed by atoms with Gasteiger partial charge in [0.25, 0.3) is 0 Å². The lowest BCUT2D eigenvalue weighted by atomic mass is 10.1. The molecule has 13 heavy (non-hydrogen) atoms. The first-order valence-corrected chi connectivity index (χ1v) is 6.02. The second kappa shape index (κ2) is 4.67. The van der Waals surface area contributed by atoms with Crippen LogP contribution < -0.4 is 0 Å². The molecule has 78 valence electrons. The average molecular weight is 203 g/mol. The van der Waals surface area contributed by atoms with Crippen molar-refractivity contribution in [1.29, 1.82) is 0 Å². The van der Waals surface area contributed by atoms with Crippen LogP contribution in [0.5, 0.6) is 0 Å². The fourth-order valence-electron chi connectivity index (χ4n) is 1.86. The van der Waals surface area contributed by atoms with Crippen LogP contribution in [0, 0.1) is 0 Å². The van der Waals surface area contributed by atoms with Crippen LogP contribution in [-0.4, -0.2) is 45.7 Å². The summed E-state index contributed by atoms with van der Waals surface area (Å²) in [4.78, 5) is 2.40. The van der Waals surface area contributed by atoms with Gasteiger partial charge in [-0.15, -0.1) is 0 Å². The molecular weight excluding hydrogens is 182 g/mol. The van der Waals surface area contributed by atoms with Crippen molar-refractivity contribution < 1.29 is 5.11 Å².